The summed E-state index contributed by atoms with van der Waals surface area (Å²) >= 11 is 0. The molecule has 4 aromatic carbocycles. The predicted octanol–water partition coefficient (Wildman–Crippen LogP) is 5.60. The Kier molecular flexibility index (Phi) is 6.26. The number of esters is 2. The van der Waals surface area contributed by atoms with E-state index in [1.165, 1.54) is 25.3 Å². The standard InChI is InChI=1S/C27H22O6/c1-17-6-4-5-7-23(17)32-27(29)21-11-13-24(25(16-21)31-3)33-26(28)20-9-8-19-15-22(30-2)12-10-18(19)14-20/h4-16H,1-3H3. The number of aryl methyl sites for hydroxylation is 1. The fourth-order valence-corrected chi connectivity index (χ4v) is 3.35. The molecule has 4 aromatic rings. The number of carbonyl (C=O) groups is 2. The molecule has 6 nitrogen and oxygen atoms in total. The zero-order chi connectivity index (χ0) is 23.4. The average Bonchev–Trinajstić information content (AvgIpc) is 2.84. The lowest BCUT2D eigenvalue weighted by Gasteiger charge is -2.12. The maximum Gasteiger partial charge on any atom is 0.343 e. The first-order valence-electron chi connectivity index (χ1n) is 10.2. The summed E-state index contributed by atoms with van der Waals surface area (Å²) in [6.07, 6.45) is 0. The molecule has 0 amide bonds. The third-order valence-electron chi connectivity index (χ3n) is 5.18. The van der Waals surface area contributed by atoms with Crippen molar-refractivity contribution in [3.05, 3.63) is 95.6 Å². The van der Waals surface area contributed by atoms with Gasteiger partial charge in [-0.15, -0.1) is 0 Å². The minimum atomic E-state index is -0.541. The second-order valence-electron chi connectivity index (χ2n) is 7.34. The zero-order valence-electron chi connectivity index (χ0n) is 18.5. The van der Waals surface area contributed by atoms with E-state index in [0.29, 0.717) is 11.3 Å². The number of fused-ring (bicyclic) bond motifs is 1. The molecule has 4 rings (SSSR count). The van der Waals surface area contributed by atoms with Crippen molar-refractivity contribution in [1.29, 1.82) is 0 Å². The molecule has 0 bridgehead atoms. The van der Waals surface area contributed by atoms with E-state index in [0.717, 1.165) is 22.1 Å². The number of benzene rings is 4. The van der Waals surface area contributed by atoms with Crippen LogP contribution in [0.2, 0.25) is 0 Å². The molecule has 0 saturated carbocycles. The molecular weight excluding hydrogens is 420 g/mol. The zero-order valence-corrected chi connectivity index (χ0v) is 18.5. The van der Waals surface area contributed by atoms with Crippen molar-refractivity contribution in [2.45, 2.75) is 6.92 Å². The van der Waals surface area contributed by atoms with Crippen LogP contribution in [0.3, 0.4) is 0 Å². The Balaban J connectivity index is 1.53. The van der Waals surface area contributed by atoms with Crippen molar-refractivity contribution < 1.29 is 28.5 Å². The van der Waals surface area contributed by atoms with Gasteiger partial charge in [-0.1, -0.05) is 30.3 Å². The van der Waals surface area contributed by atoms with E-state index in [1.807, 2.05) is 43.3 Å². The quantitative estimate of drug-likeness (QED) is 0.286. The summed E-state index contributed by atoms with van der Waals surface area (Å²) in [5.74, 6) is 0.582. The fraction of sp³-hybridized carbons (Fsp3) is 0.111. The van der Waals surface area contributed by atoms with Crippen molar-refractivity contribution >= 4 is 22.7 Å². The summed E-state index contributed by atoms with van der Waals surface area (Å²) in [5.41, 5.74) is 1.50. The van der Waals surface area contributed by atoms with Crippen LogP contribution < -0.4 is 18.9 Å². The summed E-state index contributed by atoms with van der Waals surface area (Å²) in [4.78, 5) is 25.3. The first-order chi connectivity index (χ1) is 16.0. The Hall–Kier alpha value is -4.32. The van der Waals surface area contributed by atoms with Gasteiger partial charge in [-0.3, -0.25) is 0 Å². The molecule has 166 valence electrons. The van der Waals surface area contributed by atoms with Gasteiger partial charge in [-0.2, -0.15) is 0 Å². The van der Waals surface area contributed by atoms with Gasteiger partial charge >= 0.3 is 11.9 Å². The molecule has 0 saturated heterocycles. The molecule has 0 aromatic heterocycles. The molecule has 0 heterocycles. The number of rotatable bonds is 6. The molecule has 0 unspecified atom stereocenters. The van der Waals surface area contributed by atoms with E-state index in [9.17, 15) is 9.59 Å². The molecule has 0 fully saturated rings. The topological polar surface area (TPSA) is 71.1 Å². The maximum atomic E-state index is 12.8. The smallest absolute Gasteiger partial charge is 0.343 e. The van der Waals surface area contributed by atoms with E-state index in [2.05, 4.69) is 0 Å². The van der Waals surface area contributed by atoms with Crippen LogP contribution in [-0.4, -0.2) is 26.2 Å². The number of para-hydroxylation sites is 1. The number of hydrogen-bond acceptors (Lipinski definition) is 6. The molecule has 0 aliphatic carbocycles. The van der Waals surface area contributed by atoms with Gasteiger partial charge in [0, 0.05) is 0 Å². The van der Waals surface area contributed by atoms with Crippen LogP contribution in [0.15, 0.2) is 78.9 Å². The first kappa shape index (κ1) is 21.9. The van der Waals surface area contributed by atoms with Crippen molar-refractivity contribution in [2.24, 2.45) is 0 Å². The molecule has 0 aliphatic heterocycles. The monoisotopic (exact) mass is 442 g/mol. The van der Waals surface area contributed by atoms with E-state index in [-0.39, 0.29) is 17.1 Å². The first-order valence-corrected chi connectivity index (χ1v) is 10.2. The molecular formula is C27H22O6. The second kappa shape index (κ2) is 9.44. The molecule has 0 N–H and O–H groups in total. The van der Waals surface area contributed by atoms with E-state index in [4.69, 9.17) is 18.9 Å². The minimum absolute atomic E-state index is 0.199. The highest BCUT2D eigenvalue weighted by atomic mass is 16.6. The number of methoxy groups -OCH3 is 2. The van der Waals surface area contributed by atoms with Crippen LogP contribution in [-0.2, 0) is 0 Å². The Bertz CT molecular complexity index is 1340. The van der Waals surface area contributed by atoms with Gasteiger partial charge in [0.2, 0.25) is 0 Å². The van der Waals surface area contributed by atoms with Crippen molar-refractivity contribution in [1.82, 2.24) is 0 Å². The van der Waals surface area contributed by atoms with Crippen molar-refractivity contribution in [2.75, 3.05) is 14.2 Å². The van der Waals surface area contributed by atoms with Gasteiger partial charge in [0.25, 0.3) is 0 Å². The maximum absolute atomic E-state index is 12.8. The predicted molar refractivity (Wildman–Crippen MR) is 125 cm³/mol. The summed E-state index contributed by atoms with van der Waals surface area (Å²) < 4.78 is 21.6. The lowest BCUT2D eigenvalue weighted by atomic mass is 10.1. The number of hydrogen-bond donors (Lipinski definition) is 0. The van der Waals surface area contributed by atoms with Gasteiger partial charge in [-0.05, 0) is 71.8 Å². The normalized spacial score (nSPS) is 10.5. The van der Waals surface area contributed by atoms with Gasteiger partial charge in [-0.25, -0.2) is 9.59 Å². The third-order valence-corrected chi connectivity index (χ3v) is 5.18. The highest BCUT2D eigenvalue weighted by Crippen LogP contribution is 2.30. The van der Waals surface area contributed by atoms with E-state index >= 15 is 0 Å². The highest BCUT2D eigenvalue weighted by Gasteiger charge is 2.17. The van der Waals surface area contributed by atoms with Crippen molar-refractivity contribution in [3.8, 4) is 23.0 Å². The van der Waals surface area contributed by atoms with E-state index < -0.39 is 11.9 Å². The molecule has 0 spiro atoms. The van der Waals surface area contributed by atoms with Gasteiger partial charge in [0.1, 0.15) is 11.5 Å². The average molecular weight is 442 g/mol. The summed E-state index contributed by atoms with van der Waals surface area (Å²) in [6.45, 7) is 1.86. The van der Waals surface area contributed by atoms with Gasteiger partial charge < -0.3 is 18.9 Å². The lowest BCUT2D eigenvalue weighted by Crippen LogP contribution is -2.12. The Morgan fingerprint density at radius 3 is 1.97 bits per heavy atom. The SMILES string of the molecule is COc1ccc2cc(C(=O)Oc3ccc(C(=O)Oc4ccccc4C)cc3OC)ccc2c1. The second-order valence-corrected chi connectivity index (χ2v) is 7.34. The molecule has 33 heavy (non-hydrogen) atoms. The summed E-state index contributed by atoms with van der Waals surface area (Å²) in [6, 6.07) is 22.6. The van der Waals surface area contributed by atoms with Crippen LogP contribution >= 0.6 is 0 Å². The van der Waals surface area contributed by atoms with E-state index in [1.54, 1.807) is 31.4 Å². The largest absolute Gasteiger partial charge is 0.497 e. The number of carbonyl (C=O) groups excluding carboxylic acids is 2. The van der Waals surface area contributed by atoms with Crippen LogP contribution in [0.4, 0.5) is 0 Å². The van der Waals surface area contributed by atoms with Crippen molar-refractivity contribution in [3.63, 3.8) is 0 Å². The highest BCUT2D eigenvalue weighted by molar-refractivity contribution is 5.97. The number of ether oxygens (including phenoxy) is 4. The van der Waals surface area contributed by atoms with Gasteiger partial charge in [0.15, 0.2) is 11.5 Å². The van der Waals surface area contributed by atoms with Crippen LogP contribution in [0.5, 0.6) is 23.0 Å². The summed E-state index contributed by atoms with van der Waals surface area (Å²) in [7, 11) is 3.04. The third kappa shape index (κ3) is 4.80. The minimum Gasteiger partial charge on any atom is -0.497 e. The molecule has 0 aliphatic rings. The van der Waals surface area contributed by atoms with Gasteiger partial charge in [0.05, 0.1) is 25.3 Å². The Labute approximate surface area is 191 Å². The Morgan fingerprint density at radius 2 is 1.24 bits per heavy atom. The van der Waals surface area contributed by atoms with Crippen LogP contribution in [0.1, 0.15) is 26.3 Å². The van der Waals surface area contributed by atoms with Crippen LogP contribution in [0, 0.1) is 6.92 Å². The Morgan fingerprint density at radius 1 is 0.606 bits per heavy atom. The molecule has 6 heteroatoms. The van der Waals surface area contributed by atoms with Crippen LogP contribution in [0.25, 0.3) is 10.8 Å². The fourth-order valence-electron chi connectivity index (χ4n) is 3.35. The molecule has 0 atom stereocenters. The summed E-state index contributed by atoms with van der Waals surface area (Å²) in [5, 5.41) is 1.83. The lowest BCUT2D eigenvalue weighted by molar-refractivity contribution is 0.0728. The molecule has 0 radical (unpaired) electrons.